The van der Waals surface area contributed by atoms with Crippen LogP contribution >= 0.6 is 0 Å². The van der Waals surface area contributed by atoms with E-state index >= 15 is 0 Å². The smallest absolute Gasteiger partial charge is 0.308 e. The molecule has 1 aliphatic rings. The molecule has 9 nitrogen and oxygen atoms in total. The van der Waals surface area contributed by atoms with Crippen molar-refractivity contribution >= 4 is 27.3 Å². The van der Waals surface area contributed by atoms with Gasteiger partial charge in [0.05, 0.1) is 18.0 Å². The summed E-state index contributed by atoms with van der Waals surface area (Å²) in [6, 6.07) is 7.87. The highest BCUT2D eigenvalue weighted by Crippen LogP contribution is 2.34. The summed E-state index contributed by atoms with van der Waals surface area (Å²) in [5, 5.41) is 13.1. The average Bonchev–Trinajstić information content (AvgIpc) is 3.65. The molecule has 0 radical (unpaired) electrons. The first kappa shape index (κ1) is 29.4. The van der Waals surface area contributed by atoms with Gasteiger partial charge >= 0.3 is 5.97 Å². The maximum Gasteiger partial charge on any atom is 0.308 e. The summed E-state index contributed by atoms with van der Waals surface area (Å²) in [7, 11) is -2.71. The summed E-state index contributed by atoms with van der Waals surface area (Å²) in [4.78, 5) is 35.2. The second-order valence-electron chi connectivity index (χ2n) is 9.91. The third-order valence-electron chi connectivity index (χ3n) is 7.13. The molecule has 0 bridgehead atoms. The lowest BCUT2D eigenvalue weighted by Gasteiger charge is -2.16. The summed E-state index contributed by atoms with van der Waals surface area (Å²) in [6.07, 6.45) is 1.34. The highest BCUT2D eigenvalue weighted by molar-refractivity contribution is 7.92. The molecule has 2 aromatic carbocycles. The molecule has 0 aliphatic carbocycles. The predicted molar refractivity (Wildman–Crippen MR) is 139 cm³/mol. The molecule has 1 aliphatic heterocycles. The molecule has 2 unspecified atom stereocenters. The number of halogens is 1. The Bertz CT molecular complexity index is 1330. The minimum Gasteiger partial charge on any atom is -0.469 e. The number of methoxy groups -OCH3 is 1. The van der Waals surface area contributed by atoms with Crippen LogP contribution in [0.5, 0.6) is 0 Å². The van der Waals surface area contributed by atoms with Crippen molar-refractivity contribution in [1.29, 1.82) is 0 Å². The third kappa shape index (κ3) is 6.82. The van der Waals surface area contributed by atoms with E-state index in [-0.39, 0.29) is 35.8 Å². The van der Waals surface area contributed by atoms with Crippen molar-refractivity contribution in [3.8, 4) is 0 Å². The molecule has 0 spiro atoms. The van der Waals surface area contributed by atoms with Crippen LogP contribution in [0.4, 0.5) is 10.1 Å². The Labute approximate surface area is 221 Å². The van der Waals surface area contributed by atoms with Crippen molar-refractivity contribution in [2.45, 2.75) is 69.2 Å². The van der Waals surface area contributed by atoms with Crippen LogP contribution in [0.15, 0.2) is 41.3 Å². The lowest BCUT2D eigenvalue weighted by Crippen LogP contribution is -2.21. The van der Waals surface area contributed by atoms with Crippen LogP contribution in [0.25, 0.3) is 0 Å². The zero-order valence-corrected chi connectivity index (χ0v) is 22.7. The number of nitro groups is 1. The Kier molecular flexibility index (Phi) is 9.37. The van der Waals surface area contributed by atoms with Gasteiger partial charge in [-0.3, -0.25) is 25.0 Å². The molecule has 206 valence electrons. The van der Waals surface area contributed by atoms with E-state index in [1.54, 1.807) is 13.0 Å². The van der Waals surface area contributed by atoms with Crippen molar-refractivity contribution in [3.05, 3.63) is 69.0 Å². The first-order valence-electron chi connectivity index (χ1n) is 12.5. The van der Waals surface area contributed by atoms with E-state index in [1.807, 2.05) is 13.8 Å². The van der Waals surface area contributed by atoms with Gasteiger partial charge in [-0.05, 0) is 68.4 Å². The zero-order valence-electron chi connectivity index (χ0n) is 21.9. The van der Waals surface area contributed by atoms with Crippen LogP contribution < -0.4 is 5.32 Å². The Balaban J connectivity index is 1.54. The molecule has 1 N–H and O–H groups in total. The van der Waals surface area contributed by atoms with Crippen molar-refractivity contribution in [1.82, 2.24) is 5.32 Å². The summed E-state index contributed by atoms with van der Waals surface area (Å²) < 4.78 is 45.2. The van der Waals surface area contributed by atoms with Gasteiger partial charge in [0.25, 0.3) is 5.69 Å². The van der Waals surface area contributed by atoms with Crippen molar-refractivity contribution in [2.75, 3.05) is 7.11 Å². The van der Waals surface area contributed by atoms with Gasteiger partial charge < -0.3 is 4.74 Å². The predicted octanol–water partition coefficient (Wildman–Crippen LogP) is 4.22. The molecule has 11 heteroatoms. The Hall–Kier alpha value is -3.18. The van der Waals surface area contributed by atoms with E-state index in [9.17, 15) is 32.5 Å². The molecular weight excluding hydrogens is 515 g/mol. The van der Waals surface area contributed by atoms with E-state index < -0.39 is 49.7 Å². The maximum absolute atomic E-state index is 14.4. The Morgan fingerprint density at radius 3 is 2.50 bits per heavy atom. The van der Waals surface area contributed by atoms with Crippen LogP contribution in [0.2, 0.25) is 0 Å². The van der Waals surface area contributed by atoms with Crippen LogP contribution in [-0.4, -0.2) is 43.6 Å². The largest absolute Gasteiger partial charge is 0.469 e. The molecule has 0 saturated carbocycles. The fourth-order valence-electron chi connectivity index (χ4n) is 4.65. The number of esters is 1. The summed E-state index contributed by atoms with van der Waals surface area (Å²) in [5.41, 5.74) is 1.69. The van der Waals surface area contributed by atoms with E-state index in [2.05, 4.69) is 5.32 Å². The van der Waals surface area contributed by atoms with Gasteiger partial charge in [-0.1, -0.05) is 25.1 Å². The lowest BCUT2D eigenvalue weighted by atomic mass is 9.90. The number of carbonyl (C=O) groups excluding carboxylic acids is 2. The second-order valence-corrected chi connectivity index (χ2v) is 11.9. The minimum absolute atomic E-state index is 0.0819. The van der Waals surface area contributed by atoms with Gasteiger partial charge in [0.15, 0.2) is 0 Å². The molecule has 1 saturated heterocycles. The number of hydrogen-bond donors (Lipinski definition) is 1. The van der Waals surface area contributed by atoms with Gasteiger partial charge in [0.2, 0.25) is 9.84 Å². The Morgan fingerprint density at radius 1 is 1.18 bits per heavy atom. The van der Waals surface area contributed by atoms with E-state index in [0.29, 0.717) is 18.4 Å². The molecule has 3 rings (SSSR count). The van der Waals surface area contributed by atoms with Gasteiger partial charge in [-0.2, -0.15) is 0 Å². The topological polar surface area (TPSA) is 143 Å². The SMILES string of the molecule is COC(=O)[C@@H](CCCC(=O)[C@H](C)CC1NC1S(=O)(=O)c1ccccc1[N+](=O)[O-])Cc1cc(C)c(C)cc1F. The molecule has 4 atom stereocenters. The molecular formula is C27H33FN2O7S. The van der Waals surface area contributed by atoms with Crippen molar-refractivity contribution < 1.29 is 32.1 Å². The van der Waals surface area contributed by atoms with Crippen molar-refractivity contribution in [3.63, 3.8) is 0 Å². The van der Waals surface area contributed by atoms with Gasteiger partial charge in [0, 0.05) is 24.4 Å². The average molecular weight is 549 g/mol. The zero-order chi connectivity index (χ0) is 28.2. The molecule has 0 amide bonds. The molecule has 0 aromatic heterocycles. The van der Waals surface area contributed by atoms with Crippen LogP contribution in [-0.2, 0) is 30.6 Å². The van der Waals surface area contributed by atoms with E-state index in [1.165, 1.54) is 31.4 Å². The van der Waals surface area contributed by atoms with Gasteiger partial charge in [0.1, 0.15) is 21.9 Å². The number of nitrogens with zero attached hydrogens (tertiary/aromatic N) is 1. The fourth-order valence-corrected chi connectivity index (χ4v) is 6.53. The standard InChI is InChI=1S/C27H33FN2O7S/c1-16-12-20(21(28)13-17(16)2)15-19(27(32)37-4)8-7-10-24(31)18(3)14-22-26(29-22)38(35,36)25-11-6-5-9-23(25)30(33)34/h5-6,9,11-13,18-19,22,26,29H,7-8,10,14-15H2,1-4H3/t18-,19+,22?,26?/m1/s1. The number of rotatable bonds is 13. The van der Waals surface area contributed by atoms with Gasteiger partial charge in [-0.25, -0.2) is 12.8 Å². The second kappa shape index (κ2) is 12.1. The fraction of sp³-hybridized carbons (Fsp3) is 0.481. The quantitative estimate of drug-likeness (QED) is 0.170. The number of sulfone groups is 1. The van der Waals surface area contributed by atoms with E-state index in [4.69, 9.17) is 4.74 Å². The number of para-hydroxylation sites is 1. The van der Waals surface area contributed by atoms with Crippen LogP contribution in [0, 0.1) is 41.6 Å². The number of Topliss-reactive ketones (excluding diaryl/α,β-unsaturated/α-hetero) is 1. The molecule has 2 aromatic rings. The maximum atomic E-state index is 14.4. The first-order valence-corrected chi connectivity index (χ1v) is 14.0. The normalized spacial score (nSPS) is 18.4. The first-order chi connectivity index (χ1) is 17.9. The van der Waals surface area contributed by atoms with Crippen molar-refractivity contribution in [2.24, 2.45) is 11.8 Å². The number of aryl methyl sites for hydroxylation is 2. The monoisotopic (exact) mass is 548 g/mol. The van der Waals surface area contributed by atoms with Crippen LogP contribution in [0.3, 0.4) is 0 Å². The van der Waals surface area contributed by atoms with Gasteiger partial charge in [-0.15, -0.1) is 0 Å². The summed E-state index contributed by atoms with van der Waals surface area (Å²) in [6.45, 7) is 5.39. The number of ether oxygens (including phenoxy) is 1. The Morgan fingerprint density at radius 2 is 1.84 bits per heavy atom. The van der Waals surface area contributed by atoms with Crippen LogP contribution in [0.1, 0.15) is 49.3 Å². The highest BCUT2D eigenvalue weighted by Gasteiger charge is 2.49. The summed E-state index contributed by atoms with van der Waals surface area (Å²) >= 11 is 0. The molecule has 1 heterocycles. The number of nitro benzene ring substituents is 1. The number of benzene rings is 2. The number of hydrogen-bond acceptors (Lipinski definition) is 8. The molecule has 38 heavy (non-hydrogen) atoms. The highest BCUT2D eigenvalue weighted by atomic mass is 32.2. The lowest BCUT2D eigenvalue weighted by molar-refractivity contribution is -0.387. The molecule has 1 fully saturated rings. The number of carbonyl (C=O) groups is 2. The third-order valence-corrected chi connectivity index (χ3v) is 9.23. The summed E-state index contributed by atoms with van der Waals surface area (Å²) in [5.74, 6) is -1.97. The number of ketones is 1. The minimum atomic E-state index is -3.99. The number of nitrogens with one attached hydrogen (secondary N) is 1. The van der Waals surface area contributed by atoms with E-state index in [0.717, 1.165) is 17.2 Å².